The van der Waals surface area contributed by atoms with Gasteiger partial charge in [-0.15, -0.1) is 0 Å². The Morgan fingerprint density at radius 2 is 1.74 bits per heavy atom. The third-order valence-corrected chi connectivity index (χ3v) is 3.47. The normalized spacial score (nSPS) is 13.0. The smallest absolute Gasteiger partial charge is 0.260 e. The Bertz CT molecular complexity index is 474. The minimum atomic E-state index is -0.512. The van der Waals surface area contributed by atoms with Crippen LogP contribution in [0, 0.1) is 0 Å². The average molecular weight is 321 g/mol. The Morgan fingerprint density at radius 3 is 2.26 bits per heavy atom. The van der Waals surface area contributed by atoms with Crippen molar-refractivity contribution >= 4 is 5.91 Å². The number of hydrogen-bond acceptors (Lipinski definition) is 3. The highest BCUT2D eigenvalue weighted by molar-refractivity contribution is 5.80. The van der Waals surface area contributed by atoms with Gasteiger partial charge < -0.3 is 14.8 Å². The second-order valence-corrected chi connectivity index (χ2v) is 7.10. The van der Waals surface area contributed by atoms with E-state index in [1.54, 1.807) is 6.92 Å². The van der Waals surface area contributed by atoms with Gasteiger partial charge in [-0.2, -0.15) is 0 Å². The fraction of sp³-hybridized carbons (Fsp3) is 0.632. The van der Waals surface area contributed by atoms with Crippen LogP contribution < -0.4 is 10.1 Å². The first-order valence-electron chi connectivity index (χ1n) is 8.36. The van der Waals surface area contributed by atoms with Crippen LogP contribution in [0.3, 0.4) is 0 Å². The summed E-state index contributed by atoms with van der Waals surface area (Å²) in [7, 11) is 0. The third-order valence-electron chi connectivity index (χ3n) is 3.47. The lowest BCUT2D eigenvalue weighted by atomic mass is 9.87. The van der Waals surface area contributed by atoms with Gasteiger partial charge in [0.2, 0.25) is 0 Å². The summed E-state index contributed by atoms with van der Waals surface area (Å²) in [6, 6.07) is 7.92. The largest absolute Gasteiger partial charge is 0.481 e. The van der Waals surface area contributed by atoms with Gasteiger partial charge in [0.25, 0.3) is 5.91 Å². The second-order valence-electron chi connectivity index (χ2n) is 7.10. The van der Waals surface area contributed by atoms with E-state index in [0.717, 1.165) is 6.42 Å². The first-order valence-corrected chi connectivity index (χ1v) is 8.36. The third kappa shape index (κ3) is 7.51. The zero-order valence-electron chi connectivity index (χ0n) is 15.3. The summed E-state index contributed by atoms with van der Waals surface area (Å²) in [6.45, 7) is 13.5. The molecule has 23 heavy (non-hydrogen) atoms. The molecule has 0 aliphatic carbocycles. The van der Waals surface area contributed by atoms with Crippen molar-refractivity contribution in [2.24, 2.45) is 0 Å². The van der Waals surface area contributed by atoms with Gasteiger partial charge in [0.05, 0.1) is 6.10 Å². The standard InChI is InChI=1S/C19H31NO3/c1-14(2)22-13-7-12-20-18(21)15(3)23-17-10-8-16(9-11-17)19(4,5)6/h8-11,14-15H,7,12-13H2,1-6H3,(H,20,21). The van der Waals surface area contributed by atoms with Crippen LogP contribution in [0.25, 0.3) is 0 Å². The van der Waals surface area contributed by atoms with Crippen molar-refractivity contribution in [1.29, 1.82) is 0 Å². The highest BCUT2D eigenvalue weighted by Crippen LogP contribution is 2.24. The minimum Gasteiger partial charge on any atom is -0.481 e. The van der Waals surface area contributed by atoms with E-state index in [1.807, 2.05) is 38.1 Å². The molecule has 0 aromatic heterocycles. The highest BCUT2D eigenvalue weighted by atomic mass is 16.5. The van der Waals surface area contributed by atoms with E-state index in [4.69, 9.17) is 9.47 Å². The quantitative estimate of drug-likeness (QED) is 0.743. The molecule has 0 aliphatic rings. The molecule has 1 unspecified atom stereocenters. The van der Waals surface area contributed by atoms with Crippen LogP contribution in [-0.2, 0) is 14.9 Å². The fourth-order valence-corrected chi connectivity index (χ4v) is 2.04. The van der Waals surface area contributed by atoms with Crippen LogP contribution in [0.1, 0.15) is 53.5 Å². The van der Waals surface area contributed by atoms with Crippen molar-refractivity contribution in [3.05, 3.63) is 29.8 Å². The number of amides is 1. The molecule has 130 valence electrons. The Hall–Kier alpha value is -1.55. The zero-order valence-corrected chi connectivity index (χ0v) is 15.3. The number of carbonyl (C=O) groups is 1. The van der Waals surface area contributed by atoms with Crippen LogP contribution in [0.4, 0.5) is 0 Å². The molecule has 0 aliphatic heterocycles. The molecule has 1 N–H and O–H groups in total. The number of carbonyl (C=O) groups excluding carboxylic acids is 1. The number of nitrogens with one attached hydrogen (secondary N) is 1. The Labute approximate surface area is 140 Å². The molecule has 1 amide bonds. The monoisotopic (exact) mass is 321 g/mol. The van der Waals surface area contributed by atoms with Crippen LogP contribution in [0.15, 0.2) is 24.3 Å². The minimum absolute atomic E-state index is 0.102. The molecule has 0 saturated carbocycles. The number of benzene rings is 1. The zero-order chi connectivity index (χ0) is 17.5. The molecule has 4 heteroatoms. The first kappa shape index (κ1) is 19.5. The Balaban J connectivity index is 2.37. The van der Waals surface area contributed by atoms with Gasteiger partial charge in [0, 0.05) is 13.2 Å². The van der Waals surface area contributed by atoms with Crippen LogP contribution in [0.2, 0.25) is 0 Å². The SMILES string of the molecule is CC(C)OCCCNC(=O)C(C)Oc1ccc(C(C)(C)C)cc1. The molecule has 1 atom stereocenters. The lowest BCUT2D eigenvalue weighted by molar-refractivity contribution is -0.127. The predicted octanol–water partition coefficient (Wildman–Crippen LogP) is 3.68. The van der Waals surface area contributed by atoms with Gasteiger partial charge in [-0.1, -0.05) is 32.9 Å². The van der Waals surface area contributed by atoms with E-state index in [9.17, 15) is 4.79 Å². The molecule has 1 aromatic rings. The van der Waals surface area contributed by atoms with Crippen LogP contribution in [-0.4, -0.2) is 31.3 Å². The fourth-order valence-electron chi connectivity index (χ4n) is 2.04. The molecule has 1 rings (SSSR count). The van der Waals surface area contributed by atoms with Crippen molar-refractivity contribution in [2.45, 2.75) is 65.6 Å². The molecule has 4 nitrogen and oxygen atoms in total. The average Bonchev–Trinajstić information content (AvgIpc) is 2.46. The van der Waals surface area contributed by atoms with Gasteiger partial charge in [0.1, 0.15) is 5.75 Å². The van der Waals surface area contributed by atoms with E-state index in [0.29, 0.717) is 18.9 Å². The summed E-state index contributed by atoms with van der Waals surface area (Å²) >= 11 is 0. The topological polar surface area (TPSA) is 47.6 Å². The second kappa shape index (κ2) is 8.92. The maximum atomic E-state index is 12.0. The van der Waals surface area contributed by atoms with E-state index in [2.05, 4.69) is 26.1 Å². The molecule has 0 heterocycles. The summed E-state index contributed by atoms with van der Waals surface area (Å²) in [6.07, 6.45) is 0.516. The van der Waals surface area contributed by atoms with Crippen molar-refractivity contribution in [3.63, 3.8) is 0 Å². The summed E-state index contributed by atoms with van der Waals surface area (Å²) in [5.74, 6) is 0.609. The van der Waals surface area contributed by atoms with E-state index >= 15 is 0 Å². The summed E-state index contributed by atoms with van der Waals surface area (Å²) < 4.78 is 11.1. The van der Waals surface area contributed by atoms with Gasteiger partial charge in [-0.25, -0.2) is 0 Å². The summed E-state index contributed by atoms with van der Waals surface area (Å²) in [5.41, 5.74) is 1.35. The maximum Gasteiger partial charge on any atom is 0.260 e. The molecular formula is C19H31NO3. The van der Waals surface area contributed by atoms with Crippen LogP contribution >= 0.6 is 0 Å². The molecule has 0 spiro atoms. The number of hydrogen-bond donors (Lipinski definition) is 1. The lowest BCUT2D eigenvalue weighted by Crippen LogP contribution is -2.37. The van der Waals surface area contributed by atoms with Gasteiger partial charge in [-0.05, 0) is 50.3 Å². The molecule has 0 radical (unpaired) electrons. The molecular weight excluding hydrogens is 290 g/mol. The molecule has 0 saturated heterocycles. The summed E-state index contributed by atoms with van der Waals surface area (Å²) in [4.78, 5) is 12.0. The first-order chi connectivity index (χ1) is 10.7. The van der Waals surface area contributed by atoms with Crippen molar-refractivity contribution in [1.82, 2.24) is 5.32 Å². The van der Waals surface area contributed by atoms with Crippen molar-refractivity contribution < 1.29 is 14.3 Å². The van der Waals surface area contributed by atoms with Gasteiger partial charge in [0.15, 0.2) is 6.10 Å². The Morgan fingerprint density at radius 1 is 1.13 bits per heavy atom. The number of rotatable bonds is 8. The van der Waals surface area contributed by atoms with Gasteiger partial charge in [-0.3, -0.25) is 4.79 Å². The van der Waals surface area contributed by atoms with E-state index < -0.39 is 6.10 Å². The predicted molar refractivity (Wildman–Crippen MR) is 93.9 cm³/mol. The van der Waals surface area contributed by atoms with E-state index in [1.165, 1.54) is 5.56 Å². The molecule has 1 aromatic carbocycles. The number of ether oxygens (including phenoxy) is 2. The van der Waals surface area contributed by atoms with Crippen LogP contribution in [0.5, 0.6) is 5.75 Å². The Kier molecular flexibility index (Phi) is 7.56. The molecule has 0 bridgehead atoms. The maximum absolute atomic E-state index is 12.0. The van der Waals surface area contributed by atoms with Gasteiger partial charge >= 0.3 is 0 Å². The van der Waals surface area contributed by atoms with E-state index in [-0.39, 0.29) is 17.4 Å². The summed E-state index contributed by atoms with van der Waals surface area (Å²) in [5, 5.41) is 2.87. The molecule has 0 fully saturated rings. The lowest BCUT2D eigenvalue weighted by Gasteiger charge is -2.20. The van der Waals surface area contributed by atoms with Crippen molar-refractivity contribution in [3.8, 4) is 5.75 Å². The van der Waals surface area contributed by atoms with Crippen molar-refractivity contribution in [2.75, 3.05) is 13.2 Å². The highest BCUT2D eigenvalue weighted by Gasteiger charge is 2.16.